The summed E-state index contributed by atoms with van der Waals surface area (Å²) in [7, 11) is 0. The molecule has 9 heteroatoms. The van der Waals surface area contributed by atoms with Crippen molar-refractivity contribution in [2.45, 2.75) is 26.0 Å². The number of piperazine rings is 1. The number of rotatable bonds is 6. The Labute approximate surface area is 224 Å². The zero-order valence-electron chi connectivity index (χ0n) is 20.8. The summed E-state index contributed by atoms with van der Waals surface area (Å²) < 4.78 is 3.93. The molecule has 0 bridgehead atoms. The Kier molecular flexibility index (Phi) is 7.08. The predicted molar refractivity (Wildman–Crippen MR) is 149 cm³/mol. The summed E-state index contributed by atoms with van der Waals surface area (Å²) in [5, 5.41) is 25.1. The van der Waals surface area contributed by atoms with Crippen LogP contribution in [0.2, 0.25) is 0 Å². The molecule has 0 spiro atoms. The maximum atomic E-state index is 13.6. The Morgan fingerprint density at radius 1 is 0.865 bits per heavy atom. The van der Waals surface area contributed by atoms with Gasteiger partial charge < -0.3 is 20.0 Å². The number of aromatic nitrogens is 3. The highest BCUT2D eigenvalue weighted by Gasteiger charge is 2.26. The van der Waals surface area contributed by atoms with Crippen LogP contribution in [-0.2, 0) is 0 Å². The second-order valence-corrected chi connectivity index (χ2v) is 10.2. The maximum absolute atomic E-state index is 13.6. The first-order valence-electron chi connectivity index (χ1n) is 12.3. The van der Waals surface area contributed by atoms with Crippen LogP contribution >= 0.6 is 15.9 Å². The van der Waals surface area contributed by atoms with E-state index in [2.05, 4.69) is 30.8 Å². The molecular formula is C28H30BrN5O3. The van der Waals surface area contributed by atoms with E-state index >= 15 is 0 Å². The largest absolute Gasteiger partial charge is 0.508 e. The number of para-hydroxylation sites is 2. The lowest BCUT2D eigenvalue weighted by molar-refractivity contribution is 0.113. The van der Waals surface area contributed by atoms with Crippen molar-refractivity contribution in [3.63, 3.8) is 0 Å². The number of nitrogens with zero attached hydrogens (tertiary/aromatic N) is 5. The molecule has 1 aromatic heterocycles. The van der Waals surface area contributed by atoms with Gasteiger partial charge in [-0.3, -0.25) is 0 Å². The Morgan fingerprint density at radius 2 is 1.46 bits per heavy atom. The van der Waals surface area contributed by atoms with Crippen molar-refractivity contribution in [1.29, 1.82) is 0 Å². The summed E-state index contributed by atoms with van der Waals surface area (Å²) in [6, 6.07) is 22.0. The fourth-order valence-electron chi connectivity index (χ4n) is 4.89. The number of phenolic OH excluding ortho intramolecular Hbond substituents is 1. The second kappa shape index (κ2) is 10.4. The Hall–Kier alpha value is -3.56. The molecule has 0 amide bonds. The molecule has 2 unspecified atom stereocenters. The van der Waals surface area contributed by atoms with Crippen LogP contribution in [0, 0.1) is 6.92 Å². The summed E-state index contributed by atoms with van der Waals surface area (Å²) in [5.74, 6) is 0.825. The molecule has 8 nitrogen and oxygen atoms in total. The minimum Gasteiger partial charge on any atom is -0.508 e. The predicted octanol–water partition coefficient (Wildman–Crippen LogP) is 4.43. The smallest absolute Gasteiger partial charge is 0.350 e. The van der Waals surface area contributed by atoms with E-state index < -0.39 is 12.1 Å². The van der Waals surface area contributed by atoms with Crippen LogP contribution in [0.5, 0.6) is 5.75 Å². The number of benzene rings is 3. The van der Waals surface area contributed by atoms with E-state index in [-0.39, 0.29) is 11.4 Å². The average Bonchev–Trinajstić information content (AvgIpc) is 3.22. The second-order valence-electron chi connectivity index (χ2n) is 9.33. The number of anilines is 2. The minimum atomic E-state index is -0.878. The van der Waals surface area contributed by atoms with Crippen molar-refractivity contribution in [1.82, 2.24) is 14.3 Å². The van der Waals surface area contributed by atoms with Gasteiger partial charge >= 0.3 is 5.69 Å². The first kappa shape index (κ1) is 25.1. The monoisotopic (exact) mass is 563 g/mol. The molecule has 1 fully saturated rings. The van der Waals surface area contributed by atoms with Crippen LogP contribution in [-0.4, -0.2) is 50.7 Å². The van der Waals surface area contributed by atoms with E-state index in [1.54, 1.807) is 23.6 Å². The van der Waals surface area contributed by atoms with Crippen LogP contribution < -0.4 is 15.5 Å². The van der Waals surface area contributed by atoms with Crippen LogP contribution in [0.4, 0.5) is 11.4 Å². The molecular weight excluding hydrogens is 534 g/mol. The average molecular weight is 564 g/mol. The highest BCUT2D eigenvalue weighted by Crippen LogP contribution is 2.29. The van der Waals surface area contributed by atoms with Crippen molar-refractivity contribution in [2.24, 2.45) is 0 Å². The van der Waals surface area contributed by atoms with Gasteiger partial charge in [0.25, 0.3) is 0 Å². The van der Waals surface area contributed by atoms with E-state index in [0.29, 0.717) is 5.82 Å². The summed E-state index contributed by atoms with van der Waals surface area (Å²) >= 11 is 3.42. The maximum Gasteiger partial charge on any atom is 0.350 e. The van der Waals surface area contributed by atoms with Crippen LogP contribution in [0.25, 0.3) is 5.69 Å². The van der Waals surface area contributed by atoms with E-state index in [1.165, 1.54) is 4.68 Å². The van der Waals surface area contributed by atoms with E-state index in [1.807, 2.05) is 67.6 Å². The van der Waals surface area contributed by atoms with Crippen LogP contribution in [0.15, 0.2) is 82.1 Å². The molecule has 4 aromatic rings. The zero-order valence-corrected chi connectivity index (χ0v) is 22.4. The summed E-state index contributed by atoms with van der Waals surface area (Å²) in [5.41, 5.74) is 3.27. The van der Waals surface area contributed by atoms with Crippen molar-refractivity contribution in [3.05, 3.63) is 99.1 Å². The third-order valence-corrected chi connectivity index (χ3v) is 7.50. The molecule has 5 rings (SSSR count). The molecule has 2 N–H and O–H groups in total. The molecule has 0 radical (unpaired) electrons. The number of aliphatic hydroxyl groups excluding tert-OH is 1. The number of phenols is 1. The fraction of sp³-hybridized carbons (Fsp3) is 0.286. The molecule has 2 heterocycles. The van der Waals surface area contributed by atoms with Gasteiger partial charge in [-0.25, -0.2) is 14.0 Å². The molecule has 1 aliphatic heterocycles. The van der Waals surface area contributed by atoms with Gasteiger partial charge in [0.1, 0.15) is 17.7 Å². The van der Waals surface area contributed by atoms with Crippen LogP contribution in [0.1, 0.15) is 30.5 Å². The molecule has 2 atom stereocenters. The lowest BCUT2D eigenvalue weighted by Gasteiger charge is -2.38. The van der Waals surface area contributed by atoms with Gasteiger partial charge in [-0.15, -0.1) is 0 Å². The molecule has 0 aliphatic carbocycles. The van der Waals surface area contributed by atoms with Gasteiger partial charge in [-0.05, 0) is 67.9 Å². The number of aromatic hydroxyl groups is 1. The Bertz CT molecular complexity index is 1420. The van der Waals surface area contributed by atoms with Gasteiger partial charge in [0.15, 0.2) is 0 Å². The van der Waals surface area contributed by atoms with E-state index in [0.717, 1.165) is 53.3 Å². The topological polar surface area (TPSA) is 86.8 Å². The van der Waals surface area contributed by atoms with E-state index in [9.17, 15) is 15.0 Å². The van der Waals surface area contributed by atoms with Crippen LogP contribution in [0.3, 0.4) is 0 Å². The first-order valence-corrected chi connectivity index (χ1v) is 13.1. The molecule has 0 saturated carbocycles. The molecule has 37 heavy (non-hydrogen) atoms. The van der Waals surface area contributed by atoms with Crippen molar-refractivity contribution < 1.29 is 10.2 Å². The Balaban J connectivity index is 1.40. The van der Waals surface area contributed by atoms with Crippen molar-refractivity contribution >= 4 is 27.3 Å². The van der Waals surface area contributed by atoms with Gasteiger partial charge in [0, 0.05) is 36.3 Å². The van der Waals surface area contributed by atoms with Gasteiger partial charge in [-0.2, -0.15) is 5.10 Å². The fourth-order valence-corrected chi connectivity index (χ4v) is 5.15. The standard InChI is InChI=1S/C28H30BrN5O3/c1-19(27(36)21-7-9-22(29)10-8-21)34-28(37)33(20(2)30-34)26-6-4-3-5-25(26)32-17-15-31(16-18-32)23-11-13-24(35)14-12-23/h3-14,19,27,35-36H,15-18H2,1-2H3. The number of hydrogen-bond acceptors (Lipinski definition) is 6. The van der Waals surface area contributed by atoms with E-state index in [4.69, 9.17) is 0 Å². The summed E-state index contributed by atoms with van der Waals surface area (Å²) in [4.78, 5) is 18.2. The molecule has 192 valence electrons. The SMILES string of the molecule is Cc1nn(C(C)C(O)c2ccc(Br)cc2)c(=O)n1-c1ccccc1N1CCN(c2ccc(O)cc2)CC1. The highest BCUT2D eigenvalue weighted by atomic mass is 79.9. The number of aliphatic hydroxyl groups is 1. The highest BCUT2D eigenvalue weighted by molar-refractivity contribution is 9.10. The van der Waals surface area contributed by atoms with Crippen molar-refractivity contribution in [3.8, 4) is 11.4 Å². The molecule has 1 saturated heterocycles. The number of halogens is 1. The molecule has 3 aromatic carbocycles. The quantitative estimate of drug-likeness (QED) is 0.361. The first-order chi connectivity index (χ1) is 17.8. The van der Waals surface area contributed by atoms with Gasteiger partial charge in [0.05, 0.1) is 17.4 Å². The van der Waals surface area contributed by atoms with Gasteiger partial charge in [-0.1, -0.05) is 40.2 Å². The van der Waals surface area contributed by atoms with Crippen molar-refractivity contribution in [2.75, 3.05) is 36.0 Å². The normalized spacial score (nSPS) is 15.6. The summed E-state index contributed by atoms with van der Waals surface area (Å²) in [6.07, 6.45) is -0.878. The third kappa shape index (κ3) is 5.01. The number of aryl methyl sites for hydroxylation is 1. The lowest BCUT2D eigenvalue weighted by Crippen LogP contribution is -2.47. The minimum absolute atomic E-state index is 0.261. The number of hydrogen-bond donors (Lipinski definition) is 2. The Morgan fingerprint density at radius 3 is 2.11 bits per heavy atom. The molecule has 1 aliphatic rings. The lowest BCUT2D eigenvalue weighted by atomic mass is 10.0. The third-order valence-electron chi connectivity index (χ3n) is 6.98. The zero-order chi connectivity index (χ0) is 26.1. The summed E-state index contributed by atoms with van der Waals surface area (Å²) in [6.45, 7) is 6.85. The van der Waals surface area contributed by atoms with Gasteiger partial charge in [0.2, 0.25) is 0 Å².